The second-order valence-corrected chi connectivity index (χ2v) is 8.96. The highest BCUT2D eigenvalue weighted by Gasteiger charge is 2.37. The maximum absolute atomic E-state index is 13.2. The predicted molar refractivity (Wildman–Crippen MR) is 122 cm³/mol. The zero-order valence-corrected chi connectivity index (χ0v) is 18.6. The number of hydrogen-bond donors (Lipinski definition) is 3. The van der Waals surface area contributed by atoms with Gasteiger partial charge in [0.1, 0.15) is 24.8 Å². The van der Waals surface area contributed by atoms with Crippen LogP contribution < -0.4 is 0 Å². The van der Waals surface area contributed by atoms with Crippen LogP contribution in [-0.4, -0.2) is 47.0 Å². The Labute approximate surface area is 190 Å². The summed E-state index contributed by atoms with van der Waals surface area (Å²) in [4.78, 5) is 10.3. The summed E-state index contributed by atoms with van der Waals surface area (Å²) in [6.07, 6.45) is -2.19. The van der Waals surface area contributed by atoms with Crippen LogP contribution in [0.3, 0.4) is 0 Å². The predicted octanol–water partition coefficient (Wildman–Crippen LogP) is 3.81. The highest BCUT2D eigenvalue weighted by Crippen LogP contribution is 2.34. The zero-order valence-electron chi connectivity index (χ0n) is 17.8. The van der Waals surface area contributed by atoms with E-state index in [0.717, 1.165) is 33.6 Å². The van der Waals surface area contributed by atoms with E-state index in [0.29, 0.717) is 0 Å². The van der Waals surface area contributed by atoms with E-state index in [1.165, 1.54) is 17.0 Å². The third-order valence-electron chi connectivity index (χ3n) is 5.61. The van der Waals surface area contributed by atoms with E-state index in [9.17, 15) is 19.7 Å². The highest BCUT2D eigenvalue weighted by atomic mass is 32.1. The van der Waals surface area contributed by atoms with Gasteiger partial charge >= 0.3 is 0 Å². The number of ether oxygens (including phenoxy) is 1. The molecule has 1 aliphatic heterocycles. The number of aliphatic hydroxyl groups excluding tert-OH is 3. The second-order valence-electron chi connectivity index (χ2n) is 7.79. The number of aliphatic hydroxyl groups is 3. The molecular weight excluding hydrogens is 431 g/mol. The Balaban J connectivity index is 0.00000141. The second kappa shape index (κ2) is 10.9. The van der Waals surface area contributed by atoms with Crippen molar-refractivity contribution in [2.75, 3.05) is 6.61 Å². The number of benzene rings is 2. The Morgan fingerprint density at radius 3 is 2.50 bits per heavy atom. The van der Waals surface area contributed by atoms with Crippen LogP contribution in [0.1, 0.15) is 34.1 Å². The molecule has 4 rings (SSSR count). The topological polar surface area (TPSA) is 87.0 Å². The van der Waals surface area contributed by atoms with Crippen molar-refractivity contribution < 1.29 is 29.2 Å². The summed E-state index contributed by atoms with van der Waals surface area (Å²) in [5, 5.41) is 30.0. The minimum absolute atomic E-state index is 0.194. The summed E-state index contributed by atoms with van der Waals surface area (Å²) in [5.74, 6) is -0.247. The molecule has 0 unspecified atom stereocenters. The molecule has 1 aliphatic rings. The molecule has 1 saturated heterocycles. The van der Waals surface area contributed by atoms with Crippen LogP contribution in [-0.2, 0) is 16.0 Å². The van der Waals surface area contributed by atoms with E-state index in [1.807, 2.05) is 38.0 Å². The molecule has 1 fully saturated rings. The Kier molecular flexibility index (Phi) is 8.28. The Morgan fingerprint density at radius 2 is 1.81 bits per heavy atom. The third-order valence-corrected chi connectivity index (χ3v) is 6.74. The summed E-state index contributed by atoms with van der Waals surface area (Å²) in [7, 11) is 0. The van der Waals surface area contributed by atoms with E-state index in [1.54, 1.807) is 23.5 Å². The van der Waals surface area contributed by atoms with Gasteiger partial charge in [0, 0.05) is 22.6 Å². The molecule has 0 aliphatic carbocycles. The van der Waals surface area contributed by atoms with Crippen LogP contribution in [0.5, 0.6) is 0 Å². The van der Waals surface area contributed by atoms with Crippen molar-refractivity contribution in [3.8, 4) is 10.4 Å². The van der Waals surface area contributed by atoms with Gasteiger partial charge in [-0.25, -0.2) is 4.39 Å². The van der Waals surface area contributed by atoms with Crippen molar-refractivity contribution in [3.05, 3.63) is 82.0 Å². The summed E-state index contributed by atoms with van der Waals surface area (Å²) in [6.45, 7) is 3.84. The van der Waals surface area contributed by atoms with Crippen molar-refractivity contribution >= 4 is 18.1 Å². The lowest BCUT2D eigenvalue weighted by molar-refractivity contribution is -0.179. The number of rotatable bonds is 5. The van der Waals surface area contributed by atoms with Crippen LogP contribution in [0.2, 0.25) is 0 Å². The zero-order chi connectivity index (χ0) is 23.3. The lowest BCUT2D eigenvalue weighted by atomic mass is 9.91. The lowest BCUT2D eigenvalue weighted by Crippen LogP contribution is -2.44. The first-order chi connectivity index (χ1) is 15.4. The average molecular weight is 459 g/mol. The first-order valence-electron chi connectivity index (χ1n) is 10.3. The molecule has 0 saturated carbocycles. The molecule has 32 heavy (non-hydrogen) atoms. The van der Waals surface area contributed by atoms with E-state index in [2.05, 4.69) is 6.07 Å². The maximum atomic E-state index is 13.2. The summed E-state index contributed by atoms with van der Waals surface area (Å²) in [5.41, 5.74) is 4.01. The molecule has 0 amide bonds. The average Bonchev–Trinajstić information content (AvgIpc) is 3.27. The smallest absolute Gasteiger partial charge is 0.123 e. The number of carbonyl (C=O) groups is 1. The fraction of sp³-hybridized carbons (Fsp3) is 0.320. The van der Waals surface area contributed by atoms with Gasteiger partial charge in [-0.2, -0.15) is 0 Å². The van der Waals surface area contributed by atoms with E-state index < -0.39 is 24.4 Å². The molecular formula is C25H27FO5S. The van der Waals surface area contributed by atoms with Gasteiger partial charge in [-0.1, -0.05) is 30.3 Å². The van der Waals surface area contributed by atoms with Crippen LogP contribution in [0.4, 0.5) is 4.39 Å². The Hall–Kier alpha value is -2.42. The van der Waals surface area contributed by atoms with Crippen LogP contribution >= 0.6 is 11.3 Å². The van der Waals surface area contributed by atoms with Crippen LogP contribution in [0.15, 0.2) is 54.6 Å². The molecule has 2 heterocycles. The van der Waals surface area contributed by atoms with Gasteiger partial charge in [0.15, 0.2) is 0 Å². The van der Waals surface area contributed by atoms with Crippen molar-refractivity contribution in [2.45, 2.75) is 44.2 Å². The fourth-order valence-corrected chi connectivity index (χ4v) is 4.87. The van der Waals surface area contributed by atoms with Gasteiger partial charge in [0.2, 0.25) is 0 Å². The van der Waals surface area contributed by atoms with Gasteiger partial charge < -0.3 is 24.9 Å². The maximum Gasteiger partial charge on any atom is 0.123 e. The molecule has 0 radical (unpaired) electrons. The van der Waals surface area contributed by atoms with Crippen LogP contribution in [0.25, 0.3) is 10.4 Å². The number of carbonyl (C=O) groups excluding carboxylic acids is 1. The highest BCUT2D eigenvalue weighted by molar-refractivity contribution is 7.15. The first kappa shape index (κ1) is 24.2. The lowest BCUT2D eigenvalue weighted by Gasteiger charge is -2.37. The van der Waals surface area contributed by atoms with Crippen molar-refractivity contribution in [1.82, 2.24) is 0 Å². The molecule has 4 atom stereocenters. The molecule has 7 heteroatoms. The van der Waals surface area contributed by atoms with Crippen molar-refractivity contribution in [1.29, 1.82) is 0 Å². The summed E-state index contributed by atoms with van der Waals surface area (Å²) in [6, 6.07) is 16.5. The summed E-state index contributed by atoms with van der Waals surface area (Å²) < 4.78 is 19.0. The van der Waals surface area contributed by atoms with Gasteiger partial charge in [-0.05, 0) is 53.4 Å². The minimum Gasteiger partial charge on any atom is -0.394 e. The quantitative estimate of drug-likeness (QED) is 0.541. The monoisotopic (exact) mass is 458 g/mol. The van der Waals surface area contributed by atoms with Crippen molar-refractivity contribution in [2.24, 2.45) is 0 Å². The third kappa shape index (κ3) is 5.49. The summed E-state index contributed by atoms with van der Waals surface area (Å²) >= 11 is 1.67. The van der Waals surface area contributed by atoms with E-state index in [-0.39, 0.29) is 18.8 Å². The van der Waals surface area contributed by atoms with E-state index >= 15 is 0 Å². The number of halogens is 1. The normalized spacial score (nSPS) is 22.8. The number of hydrogen-bond acceptors (Lipinski definition) is 6. The molecule has 3 aromatic rings. The molecule has 1 aromatic heterocycles. The van der Waals surface area contributed by atoms with Gasteiger partial charge in [-0.3, -0.25) is 0 Å². The van der Waals surface area contributed by atoms with Gasteiger partial charge in [-0.15, -0.1) is 11.3 Å². The first-order valence-corrected chi connectivity index (χ1v) is 11.1. The molecule has 0 spiro atoms. The largest absolute Gasteiger partial charge is 0.394 e. The molecule has 3 N–H and O–H groups in total. The van der Waals surface area contributed by atoms with Gasteiger partial charge in [0.05, 0.1) is 18.8 Å². The number of aryl methyl sites for hydroxylation is 1. The Bertz CT molecular complexity index is 1020. The standard InChI is InChI=1S/C24H25FO4S.CH2O/c1-14-2-3-16(24-23(28)21(27)12-19(13-26)29-24)10-17(14)11-20-8-9-22(30-20)15-4-6-18(25)7-5-15;1-2/h2-10,19,21,23-24,26-28H,11-13H2,1H3;1H2/t19-,21-,23+,24-;/m0./s1. The molecule has 2 aromatic carbocycles. The Morgan fingerprint density at radius 1 is 1.09 bits per heavy atom. The number of thiophene rings is 1. The SMILES string of the molecule is C=O.Cc1ccc([C@@H]2O[C@H](CO)C[C@H](O)[C@H]2O)cc1Cc1ccc(-c2ccc(F)cc2)s1. The molecule has 0 bridgehead atoms. The molecule has 170 valence electrons. The fourth-order valence-electron chi connectivity index (χ4n) is 3.84. The minimum atomic E-state index is -1.03. The molecule has 5 nitrogen and oxygen atoms in total. The van der Waals surface area contributed by atoms with Crippen LogP contribution in [0, 0.1) is 12.7 Å². The van der Waals surface area contributed by atoms with Crippen molar-refractivity contribution in [3.63, 3.8) is 0 Å². The van der Waals surface area contributed by atoms with E-state index in [4.69, 9.17) is 9.53 Å². The van der Waals surface area contributed by atoms with Gasteiger partial charge in [0.25, 0.3) is 0 Å².